The number of rotatable bonds is 1. The van der Waals surface area contributed by atoms with Gasteiger partial charge >= 0.3 is 0 Å². The number of methoxy groups -OCH3 is 1. The lowest BCUT2D eigenvalue weighted by Crippen LogP contribution is -2.87. The van der Waals surface area contributed by atoms with Gasteiger partial charge in [0, 0.05) is 18.9 Å². The molecule has 28 heavy (non-hydrogen) atoms. The van der Waals surface area contributed by atoms with Gasteiger partial charge < -0.3 is 29.9 Å². The molecule has 4 saturated carbocycles. The molecular weight excluding hydrogens is 364 g/mol. The van der Waals surface area contributed by atoms with Gasteiger partial charge in [-0.05, 0) is 42.6 Å². The highest BCUT2D eigenvalue weighted by molar-refractivity contribution is 6.05. The molecule has 6 rings (SSSR count). The summed E-state index contributed by atoms with van der Waals surface area (Å²) in [4.78, 5) is 13.5. The molecule has 4 aliphatic carbocycles. The molecule has 2 aliphatic heterocycles. The zero-order valence-corrected chi connectivity index (χ0v) is 16.6. The van der Waals surface area contributed by atoms with Crippen LogP contribution in [0.15, 0.2) is 12.2 Å². The number of hydrogen-bond acceptors (Lipinski definition) is 7. The Bertz CT molecular complexity index is 764. The van der Waals surface area contributed by atoms with Crippen molar-refractivity contribution >= 4 is 5.78 Å². The summed E-state index contributed by atoms with van der Waals surface area (Å²) in [7, 11) is 1.45. The lowest BCUT2D eigenvalue weighted by atomic mass is 9.35. The van der Waals surface area contributed by atoms with Gasteiger partial charge in [0.2, 0.25) is 5.79 Å². The number of fused-ring (bicyclic) bond motifs is 2. The molecule has 2 heterocycles. The molecule has 2 saturated heterocycles. The van der Waals surface area contributed by atoms with Gasteiger partial charge in [0.05, 0.1) is 17.6 Å². The van der Waals surface area contributed by atoms with Crippen molar-refractivity contribution in [1.82, 2.24) is 0 Å². The van der Waals surface area contributed by atoms with E-state index in [9.17, 15) is 25.2 Å². The minimum atomic E-state index is -2.30. The number of Topliss-reactive ketones (excluding diaryl/α,β-unsaturated/α-hetero) is 1. The predicted octanol–water partition coefficient (Wildman–Crippen LogP) is 0.348. The Kier molecular flexibility index (Phi) is 3.59. The van der Waals surface area contributed by atoms with Crippen molar-refractivity contribution in [3.63, 3.8) is 0 Å². The molecule has 2 spiro atoms. The second-order valence-electron chi connectivity index (χ2n) is 10.3. The maximum atomic E-state index is 13.5. The highest BCUT2D eigenvalue weighted by Gasteiger charge is 2.89. The molecule has 156 valence electrons. The second kappa shape index (κ2) is 5.25. The van der Waals surface area contributed by atoms with Crippen LogP contribution < -0.4 is 0 Å². The van der Waals surface area contributed by atoms with E-state index in [1.807, 2.05) is 13.8 Å². The van der Waals surface area contributed by atoms with Gasteiger partial charge in [0.1, 0.15) is 11.5 Å². The number of aliphatic hydroxyl groups excluding tert-OH is 3. The van der Waals surface area contributed by atoms with Crippen molar-refractivity contribution in [2.24, 2.45) is 34.0 Å². The minimum absolute atomic E-state index is 0.276. The number of carbonyl (C=O) groups is 1. The summed E-state index contributed by atoms with van der Waals surface area (Å²) in [5.41, 5.74) is -2.98. The summed E-state index contributed by atoms with van der Waals surface area (Å²) in [5, 5.41) is 45.9. The van der Waals surface area contributed by atoms with Crippen molar-refractivity contribution in [1.29, 1.82) is 0 Å². The first kappa shape index (κ1) is 19.2. The lowest BCUT2D eigenvalue weighted by Gasteiger charge is -2.76. The molecule has 4 bridgehead atoms. The van der Waals surface area contributed by atoms with Crippen LogP contribution in [0.25, 0.3) is 0 Å². The lowest BCUT2D eigenvalue weighted by molar-refractivity contribution is -0.509. The van der Waals surface area contributed by atoms with Crippen molar-refractivity contribution in [2.45, 2.75) is 69.9 Å². The SMILES string of the molecule is C=C1C(=O)[C@]23[C@H](O)[C@H]1CC[C@H]2[C@@]12[C@@H](OC)O[C@]3(O)[C@@H](O)[C@@H]1C(C)(C)CC[C@@H]2O. The number of ketones is 1. The first-order chi connectivity index (χ1) is 13.0. The summed E-state index contributed by atoms with van der Waals surface area (Å²) < 4.78 is 11.6. The average molecular weight is 394 g/mol. The van der Waals surface area contributed by atoms with Gasteiger partial charge in [-0.25, -0.2) is 0 Å². The maximum Gasteiger partial charge on any atom is 0.211 e. The van der Waals surface area contributed by atoms with E-state index in [1.165, 1.54) is 7.11 Å². The van der Waals surface area contributed by atoms with Crippen LogP contribution >= 0.6 is 0 Å². The van der Waals surface area contributed by atoms with Gasteiger partial charge in [-0.3, -0.25) is 4.79 Å². The Morgan fingerprint density at radius 1 is 1.14 bits per heavy atom. The van der Waals surface area contributed by atoms with Crippen molar-refractivity contribution in [2.75, 3.05) is 7.11 Å². The summed E-state index contributed by atoms with van der Waals surface area (Å²) in [6.07, 6.45) is -2.32. The number of carbonyl (C=O) groups excluding carboxylic acids is 1. The zero-order chi connectivity index (χ0) is 20.4. The zero-order valence-electron chi connectivity index (χ0n) is 16.6. The van der Waals surface area contributed by atoms with E-state index in [0.29, 0.717) is 25.7 Å². The minimum Gasteiger partial charge on any atom is -0.392 e. The molecule has 4 N–H and O–H groups in total. The highest BCUT2D eigenvalue weighted by Crippen LogP contribution is 2.77. The third kappa shape index (κ3) is 1.59. The van der Waals surface area contributed by atoms with Crippen LogP contribution in [0.1, 0.15) is 39.5 Å². The molecular formula is C21H30O7. The Hall–Kier alpha value is -0.830. The van der Waals surface area contributed by atoms with Crippen LogP contribution in [-0.4, -0.2) is 63.7 Å². The third-order valence-corrected chi connectivity index (χ3v) is 9.12. The summed E-state index contributed by atoms with van der Waals surface area (Å²) in [5.74, 6) is -4.34. The van der Waals surface area contributed by atoms with E-state index in [-0.39, 0.29) is 5.57 Å². The van der Waals surface area contributed by atoms with Gasteiger partial charge in [-0.1, -0.05) is 20.4 Å². The van der Waals surface area contributed by atoms with Gasteiger partial charge in [0.25, 0.3) is 0 Å². The Labute approximate surface area is 164 Å². The van der Waals surface area contributed by atoms with E-state index in [1.54, 1.807) is 0 Å². The molecule has 0 amide bonds. The van der Waals surface area contributed by atoms with Crippen LogP contribution in [0.5, 0.6) is 0 Å². The van der Waals surface area contributed by atoms with Gasteiger partial charge in [0.15, 0.2) is 12.1 Å². The molecule has 0 unspecified atom stereocenters. The van der Waals surface area contributed by atoms with Crippen molar-refractivity contribution in [3.8, 4) is 0 Å². The molecule has 0 aromatic rings. The quantitative estimate of drug-likeness (QED) is 0.474. The second-order valence-corrected chi connectivity index (χ2v) is 10.3. The van der Waals surface area contributed by atoms with Crippen molar-refractivity contribution in [3.05, 3.63) is 12.2 Å². The number of hydrogen-bond donors (Lipinski definition) is 4. The van der Waals surface area contributed by atoms with Crippen LogP contribution in [0.4, 0.5) is 0 Å². The van der Waals surface area contributed by atoms with E-state index in [2.05, 4.69) is 6.58 Å². The van der Waals surface area contributed by atoms with Gasteiger partial charge in [-0.15, -0.1) is 0 Å². The molecule has 0 radical (unpaired) electrons. The summed E-state index contributed by atoms with van der Waals surface area (Å²) >= 11 is 0. The molecule has 0 aromatic carbocycles. The van der Waals surface area contributed by atoms with Crippen molar-refractivity contribution < 1.29 is 34.7 Å². The molecule has 7 nitrogen and oxygen atoms in total. The normalized spacial score (nSPS) is 59.2. The van der Waals surface area contributed by atoms with Crippen LogP contribution in [-0.2, 0) is 14.3 Å². The topological polar surface area (TPSA) is 116 Å². The smallest absolute Gasteiger partial charge is 0.211 e. The van der Waals surface area contributed by atoms with Crippen LogP contribution in [0, 0.1) is 34.0 Å². The molecule has 10 atom stereocenters. The Morgan fingerprint density at radius 2 is 1.82 bits per heavy atom. The fourth-order valence-electron chi connectivity index (χ4n) is 8.19. The van der Waals surface area contributed by atoms with Crippen LogP contribution in [0.3, 0.4) is 0 Å². The fraction of sp³-hybridized carbons (Fsp3) is 0.857. The Morgan fingerprint density at radius 3 is 2.46 bits per heavy atom. The monoisotopic (exact) mass is 394 g/mol. The first-order valence-corrected chi connectivity index (χ1v) is 10.2. The predicted molar refractivity (Wildman–Crippen MR) is 96.6 cm³/mol. The van der Waals surface area contributed by atoms with Crippen LogP contribution in [0.2, 0.25) is 0 Å². The Balaban J connectivity index is 1.85. The summed E-state index contributed by atoms with van der Waals surface area (Å²) in [6, 6.07) is 0. The third-order valence-electron chi connectivity index (χ3n) is 9.12. The largest absolute Gasteiger partial charge is 0.392 e. The van der Waals surface area contributed by atoms with E-state index in [0.717, 1.165) is 0 Å². The number of aliphatic hydroxyl groups is 4. The summed E-state index contributed by atoms with van der Waals surface area (Å²) in [6.45, 7) is 7.91. The average Bonchev–Trinajstić information content (AvgIpc) is 2.75. The molecule has 6 aliphatic rings. The van der Waals surface area contributed by atoms with E-state index in [4.69, 9.17) is 9.47 Å². The molecule has 0 aromatic heterocycles. The fourth-order valence-corrected chi connectivity index (χ4v) is 8.19. The highest BCUT2D eigenvalue weighted by atomic mass is 16.8. The van der Waals surface area contributed by atoms with Gasteiger partial charge in [-0.2, -0.15) is 0 Å². The molecule has 7 heteroatoms. The standard InChI is InChI=1S/C21H30O7/c1-9-10-5-6-11-19-12(22)7-8-18(2,3)13(19)16(25)21(26,28-17(19)27-4)20(11,14(9)23)15(10)24/h10-13,15-17,22,24-26H,1,5-8H2,2-4H3/t10-,11-,12-,13+,15+,16-,17-,19-,20-,21+/m0/s1. The maximum absolute atomic E-state index is 13.5. The van der Waals surface area contributed by atoms with E-state index >= 15 is 0 Å². The molecule has 6 fully saturated rings. The number of ether oxygens (including phenoxy) is 2. The van der Waals surface area contributed by atoms with E-state index < -0.39 is 70.2 Å². The first-order valence-electron chi connectivity index (χ1n) is 10.2.